The van der Waals surface area contributed by atoms with Gasteiger partial charge >= 0.3 is 0 Å². The zero-order valence-corrected chi connectivity index (χ0v) is 11.6. The molecule has 0 heterocycles. The van der Waals surface area contributed by atoms with E-state index >= 15 is 0 Å². The Labute approximate surface area is 106 Å². The summed E-state index contributed by atoms with van der Waals surface area (Å²) in [6, 6.07) is 6.18. The van der Waals surface area contributed by atoms with Gasteiger partial charge < -0.3 is 0 Å². The molecule has 0 fully saturated rings. The van der Waals surface area contributed by atoms with Crippen LogP contribution in [-0.4, -0.2) is 29.3 Å². The van der Waals surface area contributed by atoms with E-state index in [1.54, 1.807) is 24.3 Å². The Morgan fingerprint density at radius 1 is 1.00 bits per heavy atom. The lowest BCUT2D eigenvalue weighted by Crippen LogP contribution is -2.11. The first-order valence-electron chi connectivity index (χ1n) is 4.48. The van der Waals surface area contributed by atoms with Crippen LogP contribution >= 0.6 is 11.6 Å². The summed E-state index contributed by atoms with van der Waals surface area (Å²) in [5.74, 6) is 0. The fourth-order valence-corrected chi connectivity index (χ4v) is 4.21. The van der Waals surface area contributed by atoms with Gasteiger partial charge in [-0.05, 0) is 23.8 Å². The summed E-state index contributed by atoms with van der Waals surface area (Å²) in [7, 11) is -7.58. The first kappa shape index (κ1) is 14.2. The summed E-state index contributed by atoms with van der Waals surface area (Å²) in [5.41, 5.74) is 0.459. The minimum atomic E-state index is -3.79. The third-order valence-corrected chi connectivity index (χ3v) is 5.65. The molecule has 0 aliphatic heterocycles. The molecule has 0 atom stereocenters. The van der Waals surface area contributed by atoms with E-state index in [1.165, 1.54) is 0 Å². The molecule has 0 bridgehead atoms. The van der Waals surface area contributed by atoms with Crippen LogP contribution in [0.3, 0.4) is 0 Å². The van der Waals surface area contributed by atoms with E-state index < -0.39 is 23.9 Å². The van der Waals surface area contributed by atoms with E-state index in [4.69, 9.17) is 11.6 Å². The molecule has 0 spiro atoms. The number of halogens is 1. The maximum Gasteiger partial charge on any atom is 0.186 e. The highest BCUT2D eigenvalue weighted by molar-refractivity contribution is 8.14. The Morgan fingerprint density at radius 3 is 1.76 bits per heavy atom. The lowest BCUT2D eigenvalue weighted by molar-refractivity contribution is 0.601. The molecule has 1 rings (SSSR count). The highest BCUT2D eigenvalue weighted by Crippen LogP contribution is 2.18. The molecule has 94 valence electrons. The molecule has 7 heteroatoms. The van der Waals surface area contributed by atoms with Gasteiger partial charge in [-0.25, -0.2) is 16.8 Å². The minimum Gasteiger partial charge on any atom is -0.223 e. The third kappa shape index (κ3) is 4.14. The van der Waals surface area contributed by atoms with E-state index in [2.05, 4.69) is 0 Å². The van der Waals surface area contributed by atoms with E-state index in [0.717, 1.165) is 18.6 Å². The fraction of sp³-hybridized carbons (Fsp3) is 0.200. The van der Waals surface area contributed by atoms with Crippen molar-refractivity contribution in [3.05, 3.63) is 39.1 Å². The van der Waals surface area contributed by atoms with Crippen LogP contribution < -0.4 is 0 Å². The molecule has 0 aromatic heterocycles. The topological polar surface area (TPSA) is 68.3 Å². The van der Waals surface area contributed by atoms with Crippen LogP contribution in [0.4, 0.5) is 0 Å². The smallest absolute Gasteiger partial charge is 0.186 e. The van der Waals surface area contributed by atoms with E-state index in [9.17, 15) is 16.8 Å². The van der Waals surface area contributed by atoms with Gasteiger partial charge in [0.2, 0.25) is 0 Å². The quantitative estimate of drug-likeness (QED) is 0.851. The summed E-state index contributed by atoms with van der Waals surface area (Å²) in [6.07, 6.45) is 2.83. The second-order valence-corrected chi connectivity index (χ2v) is 8.22. The molecule has 0 radical (unpaired) electrons. The van der Waals surface area contributed by atoms with Gasteiger partial charge in [0.15, 0.2) is 23.9 Å². The average Bonchev–Trinajstić information content (AvgIpc) is 2.13. The third-order valence-electron chi connectivity index (χ3n) is 1.89. The predicted molar refractivity (Wildman–Crippen MR) is 69.1 cm³/mol. The predicted octanol–water partition coefficient (Wildman–Crippen LogP) is 1.73. The molecule has 4 nitrogen and oxygen atoms in total. The fourth-order valence-electron chi connectivity index (χ4n) is 1.18. The Kier molecular flexibility index (Phi) is 4.01. The van der Waals surface area contributed by atoms with Gasteiger partial charge in [0, 0.05) is 17.5 Å². The van der Waals surface area contributed by atoms with Gasteiger partial charge in [-0.3, -0.25) is 0 Å². The van der Waals surface area contributed by atoms with Crippen LogP contribution in [0.25, 0.3) is 6.08 Å². The van der Waals surface area contributed by atoms with Crippen molar-refractivity contribution in [3.8, 4) is 0 Å². The van der Waals surface area contributed by atoms with Crippen LogP contribution in [0, 0.1) is 0 Å². The van der Waals surface area contributed by atoms with Crippen LogP contribution in [0.15, 0.2) is 28.5 Å². The van der Waals surface area contributed by atoms with Crippen molar-refractivity contribution in [2.45, 2.75) is 0 Å². The average molecular weight is 295 g/mol. The van der Waals surface area contributed by atoms with Crippen LogP contribution in [0.5, 0.6) is 0 Å². The molecule has 0 unspecified atom stereocenters. The molecular formula is C10H11ClO4S2. The Balaban J connectivity index is 3.40. The summed E-state index contributed by atoms with van der Waals surface area (Å²) in [5, 5.41) is 0.488. The lowest BCUT2D eigenvalue weighted by atomic mass is 10.2. The number of sulfone groups is 2. The van der Waals surface area contributed by atoms with Gasteiger partial charge in [-0.2, -0.15) is 0 Å². The second-order valence-electron chi connectivity index (χ2n) is 3.56. The molecule has 1 aromatic rings. The number of benzene rings is 1. The molecular weight excluding hydrogens is 284 g/mol. The van der Waals surface area contributed by atoms with Gasteiger partial charge in [0.25, 0.3) is 0 Å². The normalized spacial score (nSPS) is 12.2. The highest BCUT2D eigenvalue weighted by Gasteiger charge is 2.22. The SMILES string of the molecule is CS(=O)(=O)C(=Cc1ccc(Cl)cc1)S(C)(=O)=O. The summed E-state index contributed by atoms with van der Waals surface area (Å²) in [4.78, 5) is 0. The summed E-state index contributed by atoms with van der Waals surface area (Å²) >= 11 is 5.67. The van der Waals surface area contributed by atoms with Crippen molar-refractivity contribution in [3.63, 3.8) is 0 Å². The maximum atomic E-state index is 11.4. The number of rotatable bonds is 3. The van der Waals surface area contributed by atoms with Gasteiger partial charge in [-0.15, -0.1) is 0 Å². The number of hydrogen-bond donors (Lipinski definition) is 0. The van der Waals surface area contributed by atoms with Crippen molar-refractivity contribution in [2.24, 2.45) is 0 Å². The standard InChI is InChI=1S/C10H11ClO4S2/c1-16(12,13)10(17(2,14)15)7-8-3-5-9(11)6-4-8/h3-7H,1-2H3. The van der Waals surface area contributed by atoms with Crippen molar-refractivity contribution in [2.75, 3.05) is 12.5 Å². The van der Waals surface area contributed by atoms with E-state index in [-0.39, 0.29) is 0 Å². The second kappa shape index (κ2) is 4.80. The van der Waals surface area contributed by atoms with Gasteiger partial charge in [0.05, 0.1) is 0 Å². The van der Waals surface area contributed by atoms with Gasteiger partial charge in [-0.1, -0.05) is 23.7 Å². The lowest BCUT2D eigenvalue weighted by Gasteiger charge is -2.02. The monoisotopic (exact) mass is 294 g/mol. The van der Waals surface area contributed by atoms with Crippen molar-refractivity contribution < 1.29 is 16.8 Å². The molecule has 0 amide bonds. The van der Waals surface area contributed by atoms with Crippen molar-refractivity contribution in [1.29, 1.82) is 0 Å². The van der Waals surface area contributed by atoms with E-state index in [0.29, 0.717) is 10.6 Å². The first-order valence-corrected chi connectivity index (χ1v) is 8.64. The highest BCUT2D eigenvalue weighted by atomic mass is 35.5. The minimum absolute atomic E-state index is 0.459. The summed E-state index contributed by atoms with van der Waals surface area (Å²) < 4.78 is 44.9. The van der Waals surface area contributed by atoms with E-state index in [1.807, 2.05) is 0 Å². The Bertz CT molecular complexity index is 606. The molecule has 0 saturated carbocycles. The van der Waals surface area contributed by atoms with Crippen LogP contribution in [-0.2, 0) is 19.7 Å². The van der Waals surface area contributed by atoms with Crippen molar-refractivity contribution >= 4 is 37.4 Å². The maximum absolute atomic E-state index is 11.4. The molecule has 0 N–H and O–H groups in total. The number of hydrogen-bond acceptors (Lipinski definition) is 4. The Morgan fingerprint density at radius 2 is 1.41 bits per heavy atom. The van der Waals surface area contributed by atoms with Crippen LogP contribution in [0.1, 0.15) is 5.56 Å². The van der Waals surface area contributed by atoms with Crippen molar-refractivity contribution in [1.82, 2.24) is 0 Å². The molecule has 0 saturated heterocycles. The summed E-state index contributed by atoms with van der Waals surface area (Å²) in [6.45, 7) is 0. The zero-order valence-electron chi connectivity index (χ0n) is 9.21. The molecule has 17 heavy (non-hydrogen) atoms. The molecule has 0 aliphatic carbocycles. The zero-order chi connectivity index (χ0) is 13.3. The Hall–Kier alpha value is -0.850. The van der Waals surface area contributed by atoms with Crippen LogP contribution in [0.2, 0.25) is 5.02 Å². The largest absolute Gasteiger partial charge is 0.223 e. The molecule has 1 aromatic carbocycles. The van der Waals surface area contributed by atoms with Gasteiger partial charge in [0.1, 0.15) is 0 Å². The first-order chi connectivity index (χ1) is 7.60. The molecule has 0 aliphatic rings.